The van der Waals surface area contributed by atoms with Crippen LogP contribution in [0, 0.1) is 6.92 Å². The first kappa shape index (κ1) is 19.1. The van der Waals surface area contributed by atoms with Crippen molar-refractivity contribution < 1.29 is 13.2 Å². The zero-order valence-electron chi connectivity index (χ0n) is 16.0. The first-order valence-corrected chi connectivity index (χ1v) is 11.0. The van der Waals surface area contributed by atoms with Gasteiger partial charge in [0.1, 0.15) is 0 Å². The van der Waals surface area contributed by atoms with E-state index in [2.05, 4.69) is 9.71 Å². The normalized spacial score (nSPS) is 13.2. The van der Waals surface area contributed by atoms with Crippen LogP contribution < -0.4 is 9.62 Å². The summed E-state index contributed by atoms with van der Waals surface area (Å²) in [4.78, 5) is 18.5. The summed E-state index contributed by atoms with van der Waals surface area (Å²) in [5.41, 5.74) is 4.56. The predicted octanol–water partition coefficient (Wildman–Crippen LogP) is 3.53. The fourth-order valence-electron chi connectivity index (χ4n) is 3.42. The average molecular weight is 407 g/mol. The van der Waals surface area contributed by atoms with Gasteiger partial charge in [-0.1, -0.05) is 35.9 Å². The lowest BCUT2D eigenvalue weighted by Gasteiger charge is -2.18. The molecule has 2 heterocycles. The van der Waals surface area contributed by atoms with E-state index in [9.17, 15) is 13.2 Å². The van der Waals surface area contributed by atoms with Crippen LogP contribution in [0.2, 0.25) is 0 Å². The third-order valence-corrected chi connectivity index (χ3v) is 6.16. The van der Waals surface area contributed by atoms with E-state index < -0.39 is 10.0 Å². The van der Waals surface area contributed by atoms with Gasteiger partial charge in [0.05, 0.1) is 11.4 Å². The van der Waals surface area contributed by atoms with Crippen molar-refractivity contribution in [2.45, 2.75) is 19.1 Å². The summed E-state index contributed by atoms with van der Waals surface area (Å²) in [6, 6.07) is 16.1. The van der Waals surface area contributed by atoms with Crippen LogP contribution in [0.5, 0.6) is 0 Å². The number of rotatable bonds is 5. The molecule has 0 saturated heterocycles. The molecule has 29 heavy (non-hydrogen) atoms. The molecule has 148 valence electrons. The highest BCUT2D eigenvalue weighted by Gasteiger charge is 2.26. The van der Waals surface area contributed by atoms with Crippen molar-refractivity contribution in [1.29, 1.82) is 0 Å². The fraction of sp³-hybridized carbons (Fsp3) is 0.182. The highest BCUT2D eigenvalue weighted by atomic mass is 32.2. The van der Waals surface area contributed by atoms with Gasteiger partial charge in [-0.2, -0.15) is 0 Å². The highest BCUT2D eigenvalue weighted by Crippen LogP contribution is 2.32. The van der Waals surface area contributed by atoms with Gasteiger partial charge in [0.25, 0.3) is 5.91 Å². The summed E-state index contributed by atoms with van der Waals surface area (Å²) >= 11 is 0. The molecule has 0 aliphatic carbocycles. The van der Waals surface area contributed by atoms with Gasteiger partial charge in [0.2, 0.25) is 10.0 Å². The monoisotopic (exact) mass is 407 g/mol. The second-order valence-corrected chi connectivity index (χ2v) is 8.86. The van der Waals surface area contributed by atoms with E-state index in [4.69, 9.17) is 0 Å². The number of nitrogens with zero attached hydrogens (tertiary/aromatic N) is 2. The number of benzene rings is 2. The van der Waals surface area contributed by atoms with Gasteiger partial charge in [0, 0.05) is 30.2 Å². The van der Waals surface area contributed by atoms with Crippen molar-refractivity contribution in [2.24, 2.45) is 0 Å². The van der Waals surface area contributed by atoms with Crippen molar-refractivity contribution >= 4 is 27.3 Å². The number of aromatic nitrogens is 1. The summed E-state index contributed by atoms with van der Waals surface area (Å²) in [7, 11) is -3.57. The smallest absolute Gasteiger partial charge is 0.258 e. The molecule has 0 unspecified atom stereocenters. The number of hydrogen-bond donors (Lipinski definition) is 1. The van der Waals surface area contributed by atoms with Gasteiger partial charge in [-0.3, -0.25) is 14.5 Å². The molecule has 1 aliphatic rings. The van der Waals surface area contributed by atoms with Crippen LogP contribution in [0.4, 0.5) is 11.4 Å². The fourth-order valence-corrected chi connectivity index (χ4v) is 4.61. The quantitative estimate of drug-likeness (QED) is 0.702. The average Bonchev–Trinajstić information content (AvgIpc) is 3.12. The first-order valence-electron chi connectivity index (χ1n) is 9.32. The summed E-state index contributed by atoms with van der Waals surface area (Å²) in [6.07, 6.45) is 3.91. The topological polar surface area (TPSA) is 79.4 Å². The van der Waals surface area contributed by atoms with Crippen molar-refractivity contribution in [3.8, 4) is 0 Å². The van der Waals surface area contributed by atoms with Crippen LogP contribution in [-0.4, -0.2) is 25.9 Å². The highest BCUT2D eigenvalue weighted by molar-refractivity contribution is 7.91. The number of amides is 1. The van der Waals surface area contributed by atoms with E-state index in [1.54, 1.807) is 41.6 Å². The molecule has 1 aliphatic heterocycles. The van der Waals surface area contributed by atoms with Crippen LogP contribution in [0.3, 0.4) is 0 Å². The molecule has 0 radical (unpaired) electrons. The van der Waals surface area contributed by atoms with Crippen molar-refractivity contribution in [2.75, 3.05) is 16.2 Å². The largest absolute Gasteiger partial charge is 0.308 e. The van der Waals surface area contributed by atoms with Crippen molar-refractivity contribution in [3.63, 3.8) is 0 Å². The van der Waals surface area contributed by atoms with Crippen LogP contribution in [0.15, 0.2) is 67.0 Å². The van der Waals surface area contributed by atoms with Gasteiger partial charge in [-0.05, 0) is 48.7 Å². The summed E-state index contributed by atoms with van der Waals surface area (Å²) in [5.74, 6) is -0.227. The van der Waals surface area contributed by atoms with Gasteiger partial charge < -0.3 is 4.90 Å². The van der Waals surface area contributed by atoms with E-state index in [0.717, 1.165) is 28.8 Å². The zero-order valence-corrected chi connectivity index (χ0v) is 16.8. The minimum atomic E-state index is -3.57. The van der Waals surface area contributed by atoms with Gasteiger partial charge >= 0.3 is 0 Å². The number of nitrogens with one attached hydrogen (secondary N) is 1. The lowest BCUT2D eigenvalue weighted by atomic mass is 10.1. The number of aryl methyl sites for hydroxylation is 1. The Bertz CT molecular complexity index is 1140. The second kappa shape index (κ2) is 7.67. The van der Waals surface area contributed by atoms with Crippen LogP contribution in [0.25, 0.3) is 0 Å². The Morgan fingerprint density at radius 1 is 1.07 bits per heavy atom. The van der Waals surface area contributed by atoms with Crippen LogP contribution in [0.1, 0.15) is 27.0 Å². The Morgan fingerprint density at radius 2 is 1.79 bits per heavy atom. The van der Waals surface area contributed by atoms with E-state index >= 15 is 0 Å². The number of sulfonamides is 1. The molecule has 1 N–H and O–H groups in total. The number of carbonyl (C=O) groups is 1. The molecule has 3 aromatic rings. The number of carbonyl (C=O) groups excluding carboxylic acids is 1. The van der Waals surface area contributed by atoms with Crippen molar-refractivity contribution in [3.05, 3.63) is 89.2 Å². The molecule has 0 bridgehead atoms. The minimum Gasteiger partial charge on any atom is -0.308 e. The van der Waals surface area contributed by atoms with E-state index in [0.29, 0.717) is 17.8 Å². The SMILES string of the molecule is Cc1ccc(CS(=O)(=O)Nc2ccc3c(c2)N(C(=O)c2ccncc2)CC3)cc1. The molecular formula is C22H21N3O3S. The number of anilines is 2. The van der Waals surface area contributed by atoms with E-state index in [1.165, 1.54) is 0 Å². The number of hydrogen-bond acceptors (Lipinski definition) is 4. The Balaban J connectivity index is 1.55. The maximum absolute atomic E-state index is 12.8. The molecule has 2 aromatic carbocycles. The second-order valence-electron chi connectivity index (χ2n) is 7.13. The summed E-state index contributed by atoms with van der Waals surface area (Å²) < 4.78 is 27.8. The summed E-state index contributed by atoms with van der Waals surface area (Å²) in [6.45, 7) is 2.52. The Hall–Kier alpha value is -3.19. The number of pyridine rings is 1. The maximum Gasteiger partial charge on any atom is 0.258 e. The van der Waals surface area contributed by atoms with Crippen molar-refractivity contribution in [1.82, 2.24) is 4.98 Å². The van der Waals surface area contributed by atoms with Crippen LogP contribution in [-0.2, 0) is 22.2 Å². The molecule has 0 atom stereocenters. The molecule has 0 saturated carbocycles. The van der Waals surface area contributed by atoms with E-state index in [1.807, 2.05) is 37.3 Å². The lowest BCUT2D eigenvalue weighted by Crippen LogP contribution is -2.29. The van der Waals surface area contributed by atoms with Crippen LogP contribution >= 0.6 is 0 Å². The molecule has 4 rings (SSSR count). The van der Waals surface area contributed by atoms with E-state index in [-0.39, 0.29) is 11.7 Å². The van der Waals surface area contributed by atoms with Gasteiger partial charge in [0.15, 0.2) is 0 Å². The lowest BCUT2D eigenvalue weighted by molar-refractivity contribution is 0.0989. The minimum absolute atomic E-state index is 0.107. The van der Waals surface area contributed by atoms with Gasteiger partial charge in [-0.15, -0.1) is 0 Å². The zero-order chi connectivity index (χ0) is 20.4. The molecular weight excluding hydrogens is 386 g/mol. The molecule has 1 aromatic heterocycles. The van der Waals surface area contributed by atoms with Gasteiger partial charge in [-0.25, -0.2) is 8.42 Å². The maximum atomic E-state index is 12.8. The number of fused-ring (bicyclic) bond motifs is 1. The molecule has 6 nitrogen and oxygen atoms in total. The Morgan fingerprint density at radius 3 is 2.52 bits per heavy atom. The molecule has 0 spiro atoms. The molecule has 7 heteroatoms. The Kier molecular flexibility index (Phi) is 5.07. The summed E-state index contributed by atoms with van der Waals surface area (Å²) in [5, 5.41) is 0. The third kappa shape index (κ3) is 4.30. The molecule has 0 fully saturated rings. The standard InChI is InChI=1S/C22H21N3O3S/c1-16-2-4-17(5-3-16)15-29(27,28)24-20-7-6-18-10-13-25(21(18)14-20)22(26)19-8-11-23-12-9-19/h2-9,11-12,14,24H,10,13,15H2,1H3. The Labute approximate surface area is 170 Å². The third-order valence-electron chi connectivity index (χ3n) is 4.90. The predicted molar refractivity (Wildman–Crippen MR) is 113 cm³/mol. The molecule has 1 amide bonds. The first-order chi connectivity index (χ1) is 13.9.